The van der Waals surface area contributed by atoms with Gasteiger partial charge in [0.2, 0.25) is 0 Å². The third-order valence-electron chi connectivity index (χ3n) is 2.45. The standard InChI is InChI=1S/C12H9ClN4O2S/c1-18-11-15-5-7(13)10(17-11)20-12-16-8-3-2-6(14)4-9(8)19-12/h2-5H,14H2,1H3. The molecule has 0 amide bonds. The Morgan fingerprint density at radius 2 is 2.20 bits per heavy atom. The molecule has 0 radical (unpaired) electrons. The molecular formula is C12H9ClN4O2S. The fourth-order valence-corrected chi connectivity index (χ4v) is 2.47. The van der Waals surface area contributed by atoms with Crippen molar-refractivity contribution in [3.63, 3.8) is 0 Å². The number of hydrogen-bond acceptors (Lipinski definition) is 7. The second-order valence-electron chi connectivity index (χ2n) is 3.82. The van der Waals surface area contributed by atoms with E-state index in [1.807, 2.05) is 0 Å². The predicted octanol–water partition coefficient (Wildman–Crippen LogP) is 3.01. The lowest BCUT2D eigenvalue weighted by Gasteiger charge is -2.01. The molecule has 2 N–H and O–H groups in total. The fraction of sp³-hybridized carbons (Fsp3) is 0.0833. The summed E-state index contributed by atoms with van der Waals surface area (Å²) in [6, 6.07) is 5.51. The van der Waals surface area contributed by atoms with Crippen molar-refractivity contribution in [1.29, 1.82) is 0 Å². The summed E-state index contributed by atoms with van der Waals surface area (Å²) in [7, 11) is 1.49. The van der Waals surface area contributed by atoms with Crippen molar-refractivity contribution >= 4 is 40.1 Å². The molecule has 0 aliphatic carbocycles. The van der Waals surface area contributed by atoms with E-state index in [4.69, 9.17) is 26.5 Å². The van der Waals surface area contributed by atoms with Crippen LogP contribution in [0.5, 0.6) is 6.01 Å². The van der Waals surface area contributed by atoms with E-state index in [9.17, 15) is 0 Å². The summed E-state index contributed by atoms with van der Waals surface area (Å²) < 4.78 is 10.6. The van der Waals surface area contributed by atoms with Crippen LogP contribution in [-0.2, 0) is 0 Å². The van der Waals surface area contributed by atoms with E-state index in [0.717, 1.165) is 5.52 Å². The summed E-state index contributed by atoms with van der Waals surface area (Å²) in [6.07, 6.45) is 1.47. The molecule has 3 aromatic rings. The molecule has 0 saturated carbocycles. The second-order valence-corrected chi connectivity index (χ2v) is 5.17. The normalized spacial score (nSPS) is 10.9. The van der Waals surface area contributed by atoms with Gasteiger partial charge in [0.15, 0.2) is 5.58 Å². The topological polar surface area (TPSA) is 87.1 Å². The van der Waals surface area contributed by atoms with E-state index < -0.39 is 0 Å². The molecule has 0 atom stereocenters. The number of methoxy groups -OCH3 is 1. The Labute approximate surface area is 123 Å². The smallest absolute Gasteiger partial charge is 0.317 e. The third kappa shape index (κ3) is 2.50. The van der Waals surface area contributed by atoms with E-state index in [2.05, 4.69) is 15.0 Å². The molecule has 0 aliphatic heterocycles. The number of ether oxygens (including phenoxy) is 1. The molecule has 0 bridgehead atoms. The number of fused-ring (bicyclic) bond motifs is 1. The SMILES string of the molecule is COc1ncc(Cl)c(Sc2nc3ccc(N)cc3o2)n1. The highest BCUT2D eigenvalue weighted by atomic mass is 35.5. The average molecular weight is 309 g/mol. The zero-order valence-electron chi connectivity index (χ0n) is 10.3. The van der Waals surface area contributed by atoms with Crippen LogP contribution in [0.1, 0.15) is 0 Å². The Kier molecular flexibility index (Phi) is 3.37. The number of nitrogens with zero attached hydrogens (tertiary/aromatic N) is 3. The number of nitrogen functional groups attached to an aromatic ring is 1. The highest BCUT2D eigenvalue weighted by Crippen LogP contribution is 2.33. The molecule has 8 heteroatoms. The molecule has 3 rings (SSSR count). The molecule has 102 valence electrons. The Hall–Kier alpha value is -1.99. The number of rotatable bonds is 3. The number of oxazole rings is 1. The molecule has 2 heterocycles. The maximum atomic E-state index is 6.04. The highest BCUT2D eigenvalue weighted by Gasteiger charge is 2.13. The first-order valence-corrected chi connectivity index (χ1v) is 6.75. The average Bonchev–Trinajstić information content (AvgIpc) is 2.82. The third-order valence-corrected chi connectivity index (χ3v) is 3.69. The molecule has 0 fully saturated rings. The largest absolute Gasteiger partial charge is 0.467 e. The van der Waals surface area contributed by atoms with Crippen LogP contribution in [0.25, 0.3) is 11.1 Å². The van der Waals surface area contributed by atoms with E-state index in [1.165, 1.54) is 25.1 Å². The van der Waals surface area contributed by atoms with Crippen LogP contribution in [0.15, 0.2) is 39.1 Å². The number of halogens is 1. The van der Waals surface area contributed by atoms with Crippen LogP contribution in [0.2, 0.25) is 5.02 Å². The lowest BCUT2D eigenvalue weighted by Crippen LogP contribution is -1.93. The van der Waals surface area contributed by atoms with Crippen molar-refractivity contribution in [2.75, 3.05) is 12.8 Å². The molecule has 0 unspecified atom stereocenters. The van der Waals surface area contributed by atoms with Gasteiger partial charge in [-0.3, -0.25) is 0 Å². The summed E-state index contributed by atoms with van der Waals surface area (Å²) in [5.41, 5.74) is 7.65. The number of benzene rings is 1. The zero-order valence-corrected chi connectivity index (χ0v) is 11.9. The molecule has 20 heavy (non-hydrogen) atoms. The van der Waals surface area contributed by atoms with Crippen molar-refractivity contribution in [2.24, 2.45) is 0 Å². The van der Waals surface area contributed by atoms with Crippen molar-refractivity contribution in [1.82, 2.24) is 15.0 Å². The van der Waals surface area contributed by atoms with Gasteiger partial charge in [-0.2, -0.15) is 4.98 Å². The van der Waals surface area contributed by atoms with E-state index in [1.54, 1.807) is 18.2 Å². The van der Waals surface area contributed by atoms with Gasteiger partial charge in [0.1, 0.15) is 10.5 Å². The van der Waals surface area contributed by atoms with Crippen LogP contribution in [0.3, 0.4) is 0 Å². The van der Waals surface area contributed by atoms with Crippen molar-refractivity contribution in [3.05, 3.63) is 29.4 Å². The molecular weight excluding hydrogens is 300 g/mol. The zero-order chi connectivity index (χ0) is 14.1. The number of aromatic nitrogens is 3. The second kappa shape index (κ2) is 5.18. The maximum Gasteiger partial charge on any atom is 0.317 e. The van der Waals surface area contributed by atoms with Gasteiger partial charge in [-0.15, -0.1) is 0 Å². The number of anilines is 1. The van der Waals surface area contributed by atoms with Gasteiger partial charge in [-0.1, -0.05) is 11.6 Å². The van der Waals surface area contributed by atoms with Gasteiger partial charge in [0.05, 0.1) is 18.3 Å². The molecule has 0 aliphatic rings. The molecule has 2 aromatic heterocycles. The van der Waals surface area contributed by atoms with Crippen LogP contribution in [0, 0.1) is 0 Å². The lowest BCUT2D eigenvalue weighted by atomic mass is 10.3. The van der Waals surface area contributed by atoms with Crippen LogP contribution >= 0.6 is 23.4 Å². The minimum atomic E-state index is 0.234. The Morgan fingerprint density at radius 3 is 3.00 bits per heavy atom. The minimum Gasteiger partial charge on any atom is -0.467 e. The Morgan fingerprint density at radius 1 is 1.35 bits per heavy atom. The van der Waals surface area contributed by atoms with E-state index in [-0.39, 0.29) is 6.01 Å². The lowest BCUT2D eigenvalue weighted by molar-refractivity contribution is 0.376. The highest BCUT2D eigenvalue weighted by molar-refractivity contribution is 7.99. The Bertz CT molecular complexity index is 777. The van der Waals surface area contributed by atoms with Crippen LogP contribution in [0.4, 0.5) is 5.69 Å². The maximum absolute atomic E-state index is 6.04. The summed E-state index contributed by atoms with van der Waals surface area (Å²) in [5, 5.41) is 1.34. The number of nitrogens with two attached hydrogens (primary N) is 1. The predicted molar refractivity (Wildman–Crippen MR) is 76.1 cm³/mol. The van der Waals surface area contributed by atoms with Crippen molar-refractivity contribution in [3.8, 4) is 6.01 Å². The Balaban J connectivity index is 1.96. The van der Waals surface area contributed by atoms with E-state index in [0.29, 0.717) is 26.5 Å². The van der Waals surface area contributed by atoms with Gasteiger partial charge >= 0.3 is 6.01 Å². The molecule has 0 spiro atoms. The van der Waals surface area contributed by atoms with Crippen molar-refractivity contribution < 1.29 is 9.15 Å². The van der Waals surface area contributed by atoms with Gasteiger partial charge < -0.3 is 14.9 Å². The van der Waals surface area contributed by atoms with Crippen molar-refractivity contribution in [2.45, 2.75) is 10.2 Å². The summed E-state index contributed by atoms with van der Waals surface area (Å²) in [6.45, 7) is 0. The van der Waals surface area contributed by atoms with Gasteiger partial charge in [-0.05, 0) is 23.9 Å². The monoisotopic (exact) mass is 308 g/mol. The molecule has 6 nitrogen and oxygen atoms in total. The molecule has 1 aromatic carbocycles. The first kappa shape index (κ1) is 13.0. The van der Waals surface area contributed by atoms with Gasteiger partial charge in [0, 0.05) is 11.8 Å². The van der Waals surface area contributed by atoms with Gasteiger partial charge in [-0.25, -0.2) is 9.97 Å². The van der Waals surface area contributed by atoms with Crippen LogP contribution < -0.4 is 10.5 Å². The first-order chi connectivity index (χ1) is 9.65. The summed E-state index contributed by atoms with van der Waals surface area (Å²) >= 11 is 7.23. The summed E-state index contributed by atoms with van der Waals surface area (Å²) in [4.78, 5) is 12.4. The minimum absolute atomic E-state index is 0.234. The first-order valence-electron chi connectivity index (χ1n) is 5.56. The fourth-order valence-electron chi connectivity index (χ4n) is 1.55. The quantitative estimate of drug-likeness (QED) is 0.587. The molecule has 0 saturated heterocycles. The summed E-state index contributed by atoms with van der Waals surface area (Å²) in [5.74, 6) is 0. The van der Waals surface area contributed by atoms with Crippen LogP contribution in [-0.4, -0.2) is 22.1 Å². The van der Waals surface area contributed by atoms with Gasteiger partial charge in [0.25, 0.3) is 5.22 Å². The number of hydrogen-bond donors (Lipinski definition) is 1. The van der Waals surface area contributed by atoms with E-state index >= 15 is 0 Å².